The maximum atomic E-state index is 4.54. The molecule has 0 saturated carbocycles. The number of hydrogen-bond donors (Lipinski definition) is 1. The SMILES string of the molecule is CNCc1cnc(N2CCN(CCN(C)C)CC2)s1. The second-order valence-corrected chi connectivity index (χ2v) is 6.37. The largest absolute Gasteiger partial charge is 0.346 e. The molecule has 108 valence electrons. The molecule has 5 nitrogen and oxygen atoms in total. The number of anilines is 1. The van der Waals surface area contributed by atoms with E-state index in [-0.39, 0.29) is 0 Å². The quantitative estimate of drug-likeness (QED) is 0.825. The maximum absolute atomic E-state index is 4.54. The van der Waals surface area contributed by atoms with Crippen LogP contribution in [0.5, 0.6) is 0 Å². The van der Waals surface area contributed by atoms with Gasteiger partial charge in [0.1, 0.15) is 0 Å². The van der Waals surface area contributed by atoms with E-state index in [1.165, 1.54) is 16.6 Å². The predicted molar refractivity (Wildman–Crippen MR) is 82.1 cm³/mol. The number of nitrogens with zero attached hydrogens (tertiary/aromatic N) is 4. The van der Waals surface area contributed by atoms with Crippen molar-refractivity contribution < 1.29 is 0 Å². The van der Waals surface area contributed by atoms with E-state index in [1.54, 1.807) is 0 Å². The van der Waals surface area contributed by atoms with E-state index in [0.717, 1.165) is 39.3 Å². The predicted octanol–water partition coefficient (Wildman–Crippen LogP) is 0.546. The Labute approximate surface area is 120 Å². The fraction of sp³-hybridized carbons (Fsp3) is 0.769. The van der Waals surface area contributed by atoms with Gasteiger partial charge in [0, 0.05) is 56.9 Å². The molecule has 19 heavy (non-hydrogen) atoms. The first-order valence-electron chi connectivity index (χ1n) is 6.90. The van der Waals surface area contributed by atoms with Gasteiger partial charge in [-0.2, -0.15) is 0 Å². The molecule has 0 amide bonds. The second kappa shape index (κ2) is 7.19. The lowest BCUT2D eigenvalue weighted by atomic mass is 10.3. The summed E-state index contributed by atoms with van der Waals surface area (Å²) in [5, 5.41) is 4.35. The van der Waals surface area contributed by atoms with Crippen LogP contribution in [0.15, 0.2) is 6.20 Å². The highest BCUT2D eigenvalue weighted by molar-refractivity contribution is 7.15. The van der Waals surface area contributed by atoms with E-state index in [4.69, 9.17) is 0 Å². The van der Waals surface area contributed by atoms with Gasteiger partial charge in [-0.25, -0.2) is 4.98 Å². The third-order valence-corrected chi connectivity index (χ3v) is 4.46. The van der Waals surface area contributed by atoms with Crippen molar-refractivity contribution in [2.75, 3.05) is 65.3 Å². The summed E-state index contributed by atoms with van der Waals surface area (Å²) in [5.74, 6) is 0. The highest BCUT2D eigenvalue weighted by Crippen LogP contribution is 2.23. The lowest BCUT2D eigenvalue weighted by molar-refractivity contribution is 0.229. The van der Waals surface area contributed by atoms with E-state index in [9.17, 15) is 0 Å². The van der Waals surface area contributed by atoms with Crippen molar-refractivity contribution in [3.05, 3.63) is 11.1 Å². The minimum absolute atomic E-state index is 0.917. The van der Waals surface area contributed by atoms with Crippen LogP contribution in [0.3, 0.4) is 0 Å². The molecule has 0 aromatic carbocycles. The minimum Gasteiger partial charge on any atom is -0.346 e. The van der Waals surface area contributed by atoms with Crippen molar-refractivity contribution in [3.63, 3.8) is 0 Å². The third-order valence-electron chi connectivity index (χ3n) is 3.40. The molecule has 2 heterocycles. The number of piperazine rings is 1. The molecule has 0 unspecified atom stereocenters. The molecule has 0 spiro atoms. The lowest BCUT2D eigenvalue weighted by Crippen LogP contribution is -2.48. The van der Waals surface area contributed by atoms with Crippen molar-refractivity contribution in [3.8, 4) is 0 Å². The third kappa shape index (κ3) is 4.42. The molecule has 0 radical (unpaired) electrons. The molecule has 1 saturated heterocycles. The van der Waals surface area contributed by atoms with Crippen molar-refractivity contribution >= 4 is 16.5 Å². The molecular weight excluding hydrogens is 258 g/mol. The van der Waals surface area contributed by atoms with Gasteiger partial charge in [0.15, 0.2) is 5.13 Å². The van der Waals surface area contributed by atoms with Crippen LogP contribution in [-0.2, 0) is 6.54 Å². The van der Waals surface area contributed by atoms with Gasteiger partial charge in [0.05, 0.1) is 0 Å². The Morgan fingerprint density at radius 1 is 1.32 bits per heavy atom. The number of aromatic nitrogens is 1. The fourth-order valence-corrected chi connectivity index (χ4v) is 3.18. The van der Waals surface area contributed by atoms with Gasteiger partial charge in [-0.3, -0.25) is 4.90 Å². The first-order chi connectivity index (χ1) is 9.19. The number of thiazole rings is 1. The monoisotopic (exact) mass is 283 g/mol. The Morgan fingerprint density at radius 3 is 2.68 bits per heavy atom. The number of likely N-dealkylation sites (N-methyl/N-ethyl adjacent to an activating group) is 1. The Morgan fingerprint density at radius 2 is 2.05 bits per heavy atom. The zero-order valence-electron chi connectivity index (χ0n) is 12.2. The van der Waals surface area contributed by atoms with Crippen LogP contribution >= 0.6 is 11.3 Å². The van der Waals surface area contributed by atoms with Gasteiger partial charge in [-0.05, 0) is 21.1 Å². The summed E-state index contributed by atoms with van der Waals surface area (Å²) in [7, 11) is 6.24. The summed E-state index contributed by atoms with van der Waals surface area (Å²) >= 11 is 1.81. The molecule has 1 aromatic rings. The van der Waals surface area contributed by atoms with E-state index >= 15 is 0 Å². The van der Waals surface area contributed by atoms with Crippen molar-refractivity contribution in [1.29, 1.82) is 0 Å². The lowest BCUT2D eigenvalue weighted by Gasteiger charge is -2.35. The maximum Gasteiger partial charge on any atom is 0.185 e. The Balaban J connectivity index is 1.78. The summed E-state index contributed by atoms with van der Waals surface area (Å²) in [5.41, 5.74) is 0. The highest BCUT2D eigenvalue weighted by atomic mass is 32.1. The molecule has 0 atom stereocenters. The number of nitrogens with one attached hydrogen (secondary N) is 1. The van der Waals surface area contributed by atoms with Gasteiger partial charge in [-0.1, -0.05) is 0 Å². The molecule has 1 aliphatic heterocycles. The molecule has 2 rings (SSSR count). The second-order valence-electron chi connectivity index (χ2n) is 5.27. The smallest absolute Gasteiger partial charge is 0.185 e. The summed E-state index contributed by atoms with van der Waals surface area (Å²) < 4.78 is 0. The first-order valence-corrected chi connectivity index (χ1v) is 7.72. The van der Waals surface area contributed by atoms with Crippen LogP contribution in [-0.4, -0.2) is 75.2 Å². The van der Waals surface area contributed by atoms with Crippen LogP contribution in [0.4, 0.5) is 5.13 Å². The normalized spacial score (nSPS) is 17.4. The molecule has 1 N–H and O–H groups in total. The zero-order valence-corrected chi connectivity index (χ0v) is 13.0. The number of rotatable bonds is 6. The van der Waals surface area contributed by atoms with Gasteiger partial charge in [0.2, 0.25) is 0 Å². The highest BCUT2D eigenvalue weighted by Gasteiger charge is 2.19. The molecule has 1 fully saturated rings. The summed E-state index contributed by atoms with van der Waals surface area (Å²) in [6.07, 6.45) is 1.99. The van der Waals surface area contributed by atoms with Crippen molar-refractivity contribution in [2.24, 2.45) is 0 Å². The minimum atomic E-state index is 0.917. The average Bonchev–Trinajstić information content (AvgIpc) is 2.86. The summed E-state index contributed by atoms with van der Waals surface area (Å²) in [6, 6.07) is 0. The van der Waals surface area contributed by atoms with Crippen LogP contribution in [0, 0.1) is 0 Å². The summed E-state index contributed by atoms with van der Waals surface area (Å²) in [4.78, 5) is 13.0. The fourth-order valence-electron chi connectivity index (χ4n) is 2.20. The molecular formula is C13H25N5S. The van der Waals surface area contributed by atoms with Gasteiger partial charge in [0.25, 0.3) is 0 Å². The topological polar surface area (TPSA) is 34.6 Å². The van der Waals surface area contributed by atoms with Crippen LogP contribution in [0.25, 0.3) is 0 Å². The Bertz CT molecular complexity index is 371. The Hall–Kier alpha value is -0.690. The van der Waals surface area contributed by atoms with Gasteiger partial charge < -0.3 is 15.1 Å². The molecule has 0 aliphatic carbocycles. The van der Waals surface area contributed by atoms with E-state index in [1.807, 2.05) is 24.6 Å². The van der Waals surface area contributed by atoms with Crippen LogP contribution < -0.4 is 10.2 Å². The van der Waals surface area contributed by atoms with E-state index in [2.05, 4.69) is 39.1 Å². The summed E-state index contributed by atoms with van der Waals surface area (Å²) in [6.45, 7) is 7.72. The average molecular weight is 283 g/mol. The zero-order chi connectivity index (χ0) is 13.7. The molecule has 1 aliphatic rings. The Kier molecular flexibility index (Phi) is 5.57. The standard InChI is InChI=1S/C13H25N5S/c1-14-10-12-11-15-13(19-12)18-8-6-17(7-9-18)5-4-16(2)3/h11,14H,4-10H2,1-3H3. The van der Waals surface area contributed by atoms with Crippen LogP contribution in [0.2, 0.25) is 0 Å². The first kappa shape index (κ1) is 14.7. The van der Waals surface area contributed by atoms with E-state index in [0.29, 0.717) is 0 Å². The number of hydrogen-bond acceptors (Lipinski definition) is 6. The van der Waals surface area contributed by atoms with Gasteiger partial charge in [-0.15, -0.1) is 11.3 Å². The molecule has 6 heteroatoms. The molecule has 1 aromatic heterocycles. The van der Waals surface area contributed by atoms with E-state index < -0.39 is 0 Å². The van der Waals surface area contributed by atoms with Gasteiger partial charge >= 0.3 is 0 Å². The van der Waals surface area contributed by atoms with Crippen molar-refractivity contribution in [1.82, 2.24) is 20.1 Å². The van der Waals surface area contributed by atoms with Crippen LogP contribution in [0.1, 0.15) is 4.88 Å². The molecule has 0 bridgehead atoms. The van der Waals surface area contributed by atoms with Crippen molar-refractivity contribution in [2.45, 2.75) is 6.54 Å².